The number of carbonyl (C=O) groups is 3. The van der Waals surface area contributed by atoms with Gasteiger partial charge < -0.3 is 10.6 Å². The van der Waals surface area contributed by atoms with Crippen LogP contribution in [0.3, 0.4) is 0 Å². The van der Waals surface area contributed by atoms with Gasteiger partial charge in [0.1, 0.15) is 5.01 Å². The number of aromatic nitrogens is 2. The Bertz CT molecular complexity index is 1050. The Hall–Kier alpha value is -3.59. The van der Waals surface area contributed by atoms with E-state index in [4.69, 9.17) is 0 Å². The van der Waals surface area contributed by atoms with E-state index in [9.17, 15) is 14.4 Å². The van der Waals surface area contributed by atoms with Crippen LogP contribution in [0.15, 0.2) is 48.5 Å². The summed E-state index contributed by atoms with van der Waals surface area (Å²) < 4.78 is 0. The van der Waals surface area contributed by atoms with Crippen molar-refractivity contribution < 1.29 is 14.4 Å². The Morgan fingerprint density at radius 3 is 2.28 bits per heavy atom. The van der Waals surface area contributed by atoms with E-state index >= 15 is 0 Å². The molecule has 1 heterocycles. The first-order valence-corrected chi connectivity index (χ1v) is 9.59. The third-order valence-electron chi connectivity index (χ3n) is 3.95. The Morgan fingerprint density at radius 1 is 0.897 bits per heavy atom. The van der Waals surface area contributed by atoms with Crippen molar-refractivity contribution in [2.24, 2.45) is 0 Å². The van der Waals surface area contributed by atoms with Crippen LogP contribution in [-0.4, -0.2) is 27.9 Å². The molecule has 0 fully saturated rings. The number of hydrogen-bond donors (Lipinski definition) is 3. The van der Waals surface area contributed by atoms with E-state index in [-0.39, 0.29) is 22.3 Å². The van der Waals surface area contributed by atoms with Crippen molar-refractivity contribution in [1.29, 1.82) is 0 Å². The number of benzene rings is 2. The summed E-state index contributed by atoms with van der Waals surface area (Å²) in [4.78, 5) is 36.8. The van der Waals surface area contributed by atoms with Crippen molar-refractivity contribution in [1.82, 2.24) is 15.5 Å². The molecule has 3 aromatic rings. The lowest BCUT2D eigenvalue weighted by molar-refractivity contribution is -0.133. The lowest BCUT2D eigenvalue weighted by Crippen LogP contribution is -2.30. The number of anilines is 2. The van der Waals surface area contributed by atoms with E-state index in [1.165, 1.54) is 0 Å². The molecule has 0 aliphatic carbocycles. The fourth-order valence-electron chi connectivity index (χ4n) is 2.45. The van der Waals surface area contributed by atoms with Gasteiger partial charge in [-0.05, 0) is 31.5 Å². The second-order valence-electron chi connectivity index (χ2n) is 6.25. The topological polar surface area (TPSA) is 113 Å². The van der Waals surface area contributed by atoms with Gasteiger partial charge in [-0.3, -0.25) is 19.7 Å². The third-order valence-corrected chi connectivity index (χ3v) is 4.70. The van der Waals surface area contributed by atoms with Gasteiger partial charge in [0.05, 0.1) is 11.3 Å². The van der Waals surface area contributed by atoms with Crippen LogP contribution in [-0.2, 0) is 16.1 Å². The molecule has 0 aliphatic heterocycles. The molecule has 0 radical (unpaired) electrons. The normalized spacial score (nSPS) is 10.3. The summed E-state index contributed by atoms with van der Waals surface area (Å²) in [5.41, 5.74) is 2.59. The zero-order chi connectivity index (χ0) is 20.8. The molecule has 29 heavy (non-hydrogen) atoms. The van der Waals surface area contributed by atoms with Crippen LogP contribution in [0.2, 0.25) is 0 Å². The molecule has 3 amide bonds. The molecule has 3 rings (SSSR count). The zero-order valence-corrected chi connectivity index (χ0v) is 16.7. The highest BCUT2D eigenvalue weighted by Crippen LogP contribution is 2.17. The van der Waals surface area contributed by atoms with Crippen molar-refractivity contribution in [3.63, 3.8) is 0 Å². The van der Waals surface area contributed by atoms with Crippen LogP contribution in [0, 0.1) is 13.8 Å². The molecule has 3 N–H and O–H groups in total. The SMILES string of the molecule is Cc1ccc(CNC(=O)c2ccccc2NC(=O)C(=O)Nc2nnc(C)s2)cc1. The van der Waals surface area contributed by atoms with Gasteiger partial charge in [0, 0.05) is 6.54 Å². The molecular weight excluding hydrogens is 390 g/mol. The summed E-state index contributed by atoms with van der Waals surface area (Å²) in [7, 11) is 0. The maximum Gasteiger partial charge on any atom is 0.315 e. The highest BCUT2D eigenvalue weighted by atomic mass is 32.1. The number of aryl methyl sites for hydroxylation is 2. The quantitative estimate of drug-likeness (QED) is 0.561. The number of rotatable bonds is 5. The molecule has 0 atom stereocenters. The van der Waals surface area contributed by atoms with Gasteiger partial charge in [-0.25, -0.2) is 0 Å². The molecule has 0 saturated heterocycles. The van der Waals surface area contributed by atoms with Crippen molar-refractivity contribution in [3.05, 3.63) is 70.2 Å². The molecule has 1 aromatic heterocycles. The first-order chi connectivity index (χ1) is 13.9. The molecule has 9 heteroatoms. The minimum atomic E-state index is -0.906. The standard InChI is InChI=1S/C20H19N5O3S/c1-12-7-9-14(10-8-12)11-21-17(26)15-5-3-4-6-16(15)22-18(27)19(28)23-20-25-24-13(2)29-20/h3-10H,11H2,1-2H3,(H,21,26)(H,22,27)(H,23,25,28). The highest BCUT2D eigenvalue weighted by Gasteiger charge is 2.19. The van der Waals surface area contributed by atoms with Crippen LogP contribution in [0.5, 0.6) is 0 Å². The van der Waals surface area contributed by atoms with Gasteiger partial charge >= 0.3 is 11.8 Å². The minimum absolute atomic E-state index is 0.228. The van der Waals surface area contributed by atoms with Gasteiger partial charge in [-0.1, -0.05) is 53.3 Å². The summed E-state index contributed by atoms with van der Waals surface area (Å²) in [6.45, 7) is 4.07. The van der Waals surface area contributed by atoms with Crippen LogP contribution < -0.4 is 16.0 Å². The van der Waals surface area contributed by atoms with Crippen LogP contribution in [0.25, 0.3) is 0 Å². The number of nitrogens with zero attached hydrogens (tertiary/aromatic N) is 2. The van der Waals surface area contributed by atoms with Crippen molar-refractivity contribution >= 4 is 39.9 Å². The molecule has 0 unspecified atom stereocenters. The smallest absolute Gasteiger partial charge is 0.315 e. The zero-order valence-electron chi connectivity index (χ0n) is 15.9. The second-order valence-corrected chi connectivity index (χ2v) is 7.43. The lowest BCUT2D eigenvalue weighted by Gasteiger charge is -2.11. The fourth-order valence-corrected chi connectivity index (χ4v) is 3.04. The van der Waals surface area contributed by atoms with Gasteiger partial charge in [-0.15, -0.1) is 10.2 Å². The fraction of sp³-hybridized carbons (Fsp3) is 0.150. The molecule has 148 valence electrons. The van der Waals surface area contributed by atoms with Crippen molar-refractivity contribution in [2.45, 2.75) is 20.4 Å². The minimum Gasteiger partial charge on any atom is -0.348 e. The Balaban J connectivity index is 1.64. The van der Waals surface area contributed by atoms with Crippen molar-refractivity contribution in [2.75, 3.05) is 10.6 Å². The molecular formula is C20H19N5O3S. The monoisotopic (exact) mass is 409 g/mol. The number of para-hydroxylation sites is 1. The Kier molecular flexibility index (Phi) is 6.30. The van der Waals surface area contributed by atoms with E-state index in [1.807, 2.05) is 31.2 Å². The maximum atomic E-state index is 12.6. The largest absolute Gasteiger partial charge is 0.348 e. The summed E-state index contributed by atoms with van der Waals surface area (Å²) in [6, 6.07) is 14.3. The summed E-state index contributed by atoms with van der Waals surface area (Å²) in [5, 5.41) is 16.1. The van der Waals surface area contributed by atoms with Gasteiger partial charge in [0.15, 0.2) is 0 Å². The molecule has 8 nitrogen and oxygen atoms in total. The Labute approximate surface area is 171 Å². The molecule has 0 bridgehead atoms. The number of amides is 3. The van der Waals surface area contributed by atoms with E-state index in [0.717, 1.165) is 22.5 Å². The average molecular weight is 409 g/mol. The van der Waals surface area contributed by atoms with Gasteiger partial charge in [0.25, 0.3) is 5.91 Å². The van der Waals surface area contributed by atoms with Crippen LogP contribution >= 0.6 is 11.3 Å². The molecule has 0 aliphatic rings. The first-order valence-electron chi connectivity index (χ1n) is 8.77. The summed E-state index contributed by atoms with van der Waals surface area (Å²) in [6.07, 6.45) is 0. The van der Waals surface area contributed by atoms with E-state index in [0.29, 0.717) is 11.6 Å². The van der Waals surface area contributed by atoms with Gasteiger partial charge in [-0.2, -0.15) is 0 Å². The molecule has 2 aromatic carbocycles. The van der Waals surface area contributed by atoms with E-state index in [1.54, 1.807) is 31.2 Å². The van der Waals surface area contributed by atoms with E-state index in [2.05, 4.69) is 26.1 Å². The lowest BCUT2D eigenvalue weighted by atomic mass is 10.1. The van der Waals surface area contributed by atoms with Crippen LogP contribution in [0.4, 0.5) is 10.8 Å². The average Bonchev–Trinajstić information content (AvgIpc) is 3.12. The van der Waals surface area contributed by atoms with Crippen LogP contribution in [0.1, 0.15) is 26.5 Å². The Morgan fingerprint density at radius 2 is 1.59 bits per heavy atom. The first kappa shape index (κ1) is 20.2. The summed E-state index contributed by atoms with van der Waals surface area (Å²) in [5.74, 6) is -2.16. The number of hydrogen-bond acceptors (Lipinski definition) is 6. The highest BCUT2D eigenvalue weighted by molar-refractivity contribution is 7.15. The second kappa shape index (κ2) is 9.07. The number of nitrogens with one attached hydrogen (secondary N) is 3. The predicted octanol–water partition coefficient (Wildman–Crippen LogP) is 2.66. The van der Waals surface area contributed by atoms with Crippen molar-refractivity contribution in [3.8, 4) is 0 Å². The number of carbonyl (C=O) groups excluding carboxylic acids is 3. The predicted molar refractivity (Wildman–Crippen MR) is 111 cm³/mol. The molecule has 0 spiro atoms. The van der Waals surface area contributed by atoms with E-state index < -0.39 is 11.8 Å². The third kappa shape index (κ3) is 5.45. The maximum absolute atomic E-state index is 12.6. The van der Waals surface area contributed by atoms with Gasteiger partial charge in [0.2, 0.25) is 5.13 Å². The summed E-state index contributed by atoms with van der Waals surface area (Å²) >= 11 is 1.15. The molecule has 0 saturated carbocycles.